The Labute approximate surface area is 127 Å². The quantitative estimate of drug-likeness (QED) is 0.905. The Morgan fingerprint density at radius 1 is 1.19 bits per heavy atom. The van der Waals surface area contributed by atoms with Crippen molar-refractivity contribution in [3.8, 4) is 0 Å². The van der Waals surface area contributed by atoms with Crippen molar-refractivity contribution in [2.75, 3.05) is 32.7 Å². The van der Waals surface area contributed by atoms with Crippen molar-refractivity contribution in [2.45, 2.75) is 32.7 Å². The van der Waals surface area contributed by atoms with Gasteiger partial charge in [-0.25, -0.2) is 0 Å². The van der Waals surface area contributed by atoms with E-state index < -0.39 is 5.97 Å². The van der Waals surface area contributed by atoms with Crippen LogP contribution in [0.15, 0.2) is 24.3 Å². The third kappa shape index (κ3) is 4.55. The molecule has 1 aromatic rings. The van der Waals surface area contributed by atoms with Crippen LogP contribution in [0.1, 0.15) is 36.9 Å². The van der Waals surface area contributed by atoms with Crippen LogP contribution in [0.2, 0.25) is 0 Å². The number of carbonyl (C=O) groups is 1. The predicted molar refractivity (Wildman–Crippen MR) is 84.5 cm³/mol. The fourth-order valence-electron chi connectivity index (χ4n) is 3.15. The highest BCUT2D eigenvalue weighted by Crippen LogP contribution is 2.25. The van der Waals surface area contributed by atoms with Crippen molar-refractivity contribution >= 4 is 5.97 Å². The lowest BCUT2D eigenvalue weighted by molar-refractivity contribution is -0.138. The van der Waals surface area contributed by atoms with E-state index in [4.69, 9.17) is 5.11 Å². The van der Waals surface area contributed by atoms with Gasteiger partial charge in [-0.15, -0.1) is 0 Å². The zero-order valence-corrected chi connectivity index (χ0v) is 13.1. The summed E-state index contributed by atoms with van der Waals surface area (Å²) in [6.45, 7) is 8.21. The fourth-order valence-corrected chi connectivity index (χ4v) is 3.15. The Morgan fingerprint density at radius 2 is 1.90 bits per heavy atom. The van der Waals surface area contributed by atoms with Crippen molar-refractivity contribution in [1.82, 2.24) is 9.80 Å². The van der Waals surface area contributed by atoms with Crippen LogP contribution in [0, 0.1) is 6.92 Å². The number of aliphatic carboxylic acids is 1. The molecule has 1 saturated heterocycles. The molecule has 21 heavy (non-hydrogen) atoms. The van der Waals surface area contributed by atoms with Crippen LogP contribution in [0.25, 0.3) is 0 Å². The van der Waals surface area contributed by atoms with Gasteiger partial charge in [0.05, 0.1) is 6.54 Å². The normalized spacial score (nSPS) is 19.1. The first-order valence-corrected chi connectivity index (χ1v) is 7.85. The third-order valence-corrected chi connectivity index (χ3v) is 4.27. The lowest BCUT2D eigenvalue weighted by Crippen LogP contribution is -2.35. The Bertz CT molecular complexity index is 458. The number of rotatable bonds is 5. The third-order valence-electron chi connectivity index (χ3n) is 4.27. The van der Waals surface area contributed by atoms with Gasteiger partial charge in [0.2, 0.25) is 0 Å². The first kappa shape index (κ1) is 16.0. The van der Waals surface area contributed by atoms with Gasteiger partial charge in [-0.3, -0.25) is 14.6 Å². The molecule has 1 atom stereocenters. The van der Waals surface area contributed by atoms with Crippen molar-refractivity contribution in [1.29, 1.82) is 0 Å². The molecule has 1 aliphatic heterocycles. The van der Waals surface area contributed by atoms with Crippen molar-refractivity contribution < 1.29 is 9.90 Å². The molecule has 2 rings (SSSR count). The molecule has 0 aromatic heterocycles. The van der Waals surface area contributed by atoms with Gasteiger partial charge >= 0.3 is 5.97 Å². The molecule has 1 aliphatic rings. The fraction of sp³-hybridized carbons (Fsp3) is 0.588. The summed E-state index contributed by atoms with van der Waals surface area (Å²) in [7, 11) is 0. The molecular formula is C17H26N2O2. The van der Waals surface area contributed by atoms with Gasteiger partial charge in [0.25, 0.3) is 0 Å². The number of hydrogen-bond donors (Lipinski definition) is 1. The number of nitrogens with zero attached hydrogens (tertiary/aromatic N) is 2. The molecule has 0 bridgehead atoms. The molecule has 0 spiro atoms. The molecule has 1 unspecified atom stereocenters. The second-order valence-corrected chi connectivity index (χ2v) is 5.89. The molecule has 1 heterocycles. The average molecular weight is 290 g/mol. The van der Waals surface area contributed by atoms with Gasteiger partial charge in [-0.05, 0) is 25.3 Å². The number of carboxylic acids is 1. The predicted octanol–water partition coefficient (Wildman–Crippen LogP) is 2.54. The molecule has 0 aliphatic carbocycles. The molecular weight excluding hydrogens is 264 g/mol. The van der Waals surface area contributed by atoms with E-state index in [1.165, 1.54) is 11.1 Å². The van der Waals surface area contributed by atoms with Crippen LogP contribution in [0.4, 0.5) is 0 Å². The van der Waals surface area contributed by atoms with E-state index in [1.54, 1.807) is 0 Å². The largest absolute Gasteiger partial charge is 0.480 e. The lowest BCUT2D eigenvalue weighted by Gasteiger charge is -2.30. The van der Waals surface area contributed by atoms with Crippen LogP contribution < -0.4 is 0 Å². The van der Waals surface area contributed by atoms with Gasteiger partial charge in [0, 0.05) is 32.2 Å². The average Bonchev–Trinajstić information content (AvgIpc) is 2.67. The zero-order valence-electron chi connectivity index (χ0n) is 13.1. The van der Waals surface area contributed by atoms with Crippen molar-refractivity contribution in [3.05, 3.63) is 35.4 Å². The van der Waals surface area contributed by atoms with Crippen LogP contribution in [-0.4, -0.2) is 53.6 Å². The summed E-state index contributed by atoms with van der Waals surface area (Å²) in [6.07, 6.45) is 2.12. The standard InChI is InChI=1S/C17H26N2O2/c1-3-16(15-7-5-14(2)6-8-15)19-10-4-9-18(11-12-19)13-17(20)21/h5-8,16H,3-4,9-13H2,1-2H3,(H,20,21). The Hall–Kier alpha value is -1.39. The molecule has 1 fully saturated rings. The summed E-state index contributed by atoms with van der Waals surface area (Å²) in [5, 5.41) is 8.93. The van der Waals surface area contributed by atoms with E-state index in [0.29, 0.717) is 6.04 Å². The molecule has 4 nitrogen and oxygen atoms in total. The summed E-state index contributed by atoms with van der Waals surface area (Å²) in [6, 6.07) is 9.24. The summed E-state index contributed by atoms with van der Waals surface area (Å²) in [4.78, 5) is 15.4. The van der Waals surface area contributed by atoms with Gasteiger partial charge in [0.15, 0.2) is 0 Å². The van der Waals surface area contributed by atoms with Crippen molar-refractivity contribution in [2.24, 2.45) is 0 Å². The molecule has 0 saturated carbocycles. The van der Waals surface area contributed by atoms with E-state index in [9.17, 15) is 4.79 Å². The highest BCUT2D eigenvalue weighted by Gasteiger charge is 2.22. The molecule has 1 aromatic carbocycles. The number of aryl methyl sites for hydroxylation is 1. The van der Waals surface area contributed by atoms with E-state index in [0.717, 1.165) is 39.0 Å². The Morgan fingerprint density at radius 3 is 2.52 bits per heavy atom. The molecule has 4 heteroatoms. The summed E-state index contributed by atoms with van der Waals surface area (Å²) >= 11 is 0. The monoisotopic (exact) mass is 290 g/mol. The SMILES string of the molecule is CCC(c1ccc(C)cc1)N1CCCN(CC(=O)O)CC1. The van der Waals surface area contributed by atoms with Crippen molar-refractivity contribution in [3.63, 3.8) is 0 Å². The van der Waals surface area contributed by atoms with Crippen LogP contribution in [0.5, 0.6) is 0 Å². The molecule has 0 radical (unpaired) electrons. The molecule has 1 N–H and O–H groups in total. The van der Waals surface area contributed by atoms with Gasteiger partial charge in [-0.1, -0.05) is 36.8 Å². The first-order valence-electron chi connectivity index (χ1n) is 7.85. The minimum absolute atomic E-state index is 0.162. The number of hydrogen-bond acceptors (Lipinski definition) is 3. The maximum atomic E-state index is 10.8. The summed E-state index contributed by atoms with van der Waals surface area (Å²) in [5.74, 6) is -0.728. The minimum Gasteiger partial charge on any atom is -0.480 e. The Balaban J connectivity index is 2.02. The number of benzene rings is 1. The minimum atomic E-state index is -0.728. The topological polar surface area (TPSA) is 43.8 Å². The lowest BCUT2D eigenvalue weighted by atomic mass is 10.0. The van der Waals surface area contributed by atoms with E-state index in [-0.39, 0.29) is 6.54 Å². The molecule has 0 amide bonds. The van der Waals surface area contributed by atoms with E-state index in [2.05, 4.69) is 43.0 Å². The second-order valence-electron chi connectivity index (χ2n) is 5.89. The van der Waals surface area contributed by atoms with Gasteiger partial charge < -0.3 is 5.11 Å². The molecule has 116 valence electrons. The smallest absolute Gasteiger partial charge is 0.317 e. The maximum absolute atomic E-state index is 10.8. The van der Waals surface area contributed by atoms with Gasteiger partial charge in [0.1, 0.15) is 0 Å². The second kappa shape index (κ2) is 7.57. The van der Waals surface area contributed by atoms with Crippen LogP contribution >= 0.6 is 0 Å². The van der Waals surface area contributed by atoms with E-state index in [1.807, 2.05) is 4.90 Å². The maximum Gasteiger partial charge on any atom is 0.317 e. The number of carboxylic acid groups (broad SMARTS) is 1. The van der Waals surface area contributed by atoms with Crippen LogP contribution in [0.3, 0.4) is 0 Å². The van der Waals surface area contributed by atoms with Gasteiger partial charge in [-0.2, -0.15) is 0 Å². The highest BCUT2D eigenvalue weighted by molar-refractivity contribution is 5.69. The first-order chi connectivity index (χ1) is 10.1. The van der Waals surface area contributed by atoms with Crippen LogP contribution in [-0.2, 0) is 4.79 Å². The zero-order chi connectivity index (χ0) is 15.2. The summed E-state index contributed by atoms with van der Waals surface area (Å²) in [5.41, 5.74) is 2.66. The highest BCUT2D eigenvalue weighted by atomic mass is 16.4. The Kier molecular flexibility index (Phi) is 5.76. The summed E-state index contributed by atoms with van der Waals surface area (Å²) < 4.78 is 0. The van der Waals surface area contributed by atoms with E-state index >= 15 is 0 Å².